The van der Waals surface area contributed by atoms with E-state index >= 15 is 0 Å². The first kappa shape index (κ1) is 6.13. The Morgan fingerprint density at radius 1 is 1.78 bits per heavy atom. The summed E-state index contributed by atoms with van der Waals surface area (Å²) in [6, 6.07) is 0. The fourth-order valence-corrected chi connectivity index (χ4v) is 0.666. The van der Waals surface area contributed by atoms with Gasteiger partial charge in [-0.15, -0.1) is 0 Å². The van der Waals surface area contributed by atoms with Crippen LogP contribution in [0.25, 0.3) is 0 Å². The summed E-state index contributed by atoms with van der Waals surface area (Å²) in [4.78, 5) is 7.13. The predicted molar refractivity (Wildman–Crippen MR) is 37.5 cm³/mol. The van der Waals surface area contributed by atoms with Crippen molar-refractivity contribution >= 4 is 5.95 Å². The van der Waals surface area contributed by atoms with Crippen LogP contribution in [0.2, 0.25) is 0 Å². The van der Waals surface area contributed by atoms with Crippen LogP contribution < -0.4 is 5.32 Å². The van der Waals surface area contributed by atoms with E-state index in [4.69, 9.17) is 0 Å². The quantitative estimate of drug-likeness (QED) is 0.619. The average Bonchev–Trinajstić information content (AvgIpc) is 2.34. The maximum atomic E-state index is 4.04. The number of nitrogens with one attached hydrogen (secondary N) is 2. The van der Waals surface area contributed by atoms with Crippen LogP contribution in [0.3, 0.4) is 0 Å². The summed E-state index contributed by atoms with van der Waals surface area (Å²) >= 11 is 0. The number of aromatic amines is 1. The Labute approximate surface area is 54.5 Å². The van der Waals surface area contributed by atoms with E-state index in [-0.39, 0.29) is 0 Å². The topological polar surface area (TPSA) is 40.7 Å². The van der Waals surface area contributed by atoms with Crippen LogP contribution in [0.1, 0.15) is 12.6 Å². The summed E-state index contributed by atoms with van der Waals surface area (Å²) in [5.74, 6) is 0.840. The van der Waals surface area contributed by atoms with Gasteiger partial charge in [0.05, 0.1) is 6.20 Å². The molecule has 3 nitrogen and oxygen atoms in total. The third kappa shape index (κ3) is 1.22. The van der Waals surface area contributed by atoms with Crippen molar-refractivity contribution in [2.75, 3.05) is 12.4 Å². The molecular weight excluding hydrogens is 114 g/mol. The fourth-order valence-electron chi connectivity index (χ4n) is 0.666. The molecule has 1 aromatic heterocycles. The zero-order chi connectivity index (χ0) is 6.69. The van der Waals surface area contributed by atoms with Crippen molar-refractivity contribution in [3.05, 3.63) is 11.9 Å². The number of nitrogens with zero attached hydrogens (tertiary/aromatic N) is 1. The molecule has 50 valence electrons. The van der Waals surface area contributed by atoms with Crippen LogP contribution in [0.4, 0.5) is 5.95 Å². The lowest BCUT2D eigenvalue weighted by atomic mass is 10.4. The molecule has 1 aromatic rings. The highest BCUT2D eigenvalue weighted by molar-refractivity contribution is 5.24. The highest BCUT2D eigenvalue weighted by Gasteiger charge is 1.92. The van der Waals surface area contributed by atoms with Gasteiger partial charge in [0, 0.05) is 12.7 Å². The first-order valence-electron chi connectivity index (χ1n) is 3.08. The maximum absolute atomic E-state index is 4.04. The van der Waals surface area contributed by atoms with E-state index in [1.807, 2.05) is 13.2 Å². The lowest BCUT2D eigenvalue weighted by molar-refractivity contribution is 1.06. The normalized spacial score (nSPS) is 9.56. The first-order chi connectivity index (χ1) is 4.36. The minimum Gasteiger partial charge on any atom is -0.359 e. The Morgan fingerprint density at radius 2 is 2.56 bits per heavy atom. The molecule has 9 heavy (non-hydrogen) atoms. The second kappa shape index (κ2) is 2.53. The molecule has 3 heteroatoms. The summed E-state index contributed by atoms with van der Waals surface area (Å²) in [5.41, 5.74) is 1.17. The number of hydrogen-bond acceptors (Lipinski definition) is 2. The van der Waals surface area contributed by atoms with Crippen LogP contribution >= 0.6 is 0 Å². The van der Waals surface area contributed by atoms with Crippen LogP contribution in [-0.2, 0) is 6.42 Å². The van der Waals surface area contributed by atoms with Crippen molar-refractivity contribution in [1.82, 2.24) is 9.97 Å². The molecule has 0 saturated heterocycles. The van der Waals surface area contributed by atoms with Crippen LogP contribution in [0.15, 0.2) is 6.20 Å². The van der Waals surface area contributed by atoms with E-state index in [9.17, 15) is 0 Å². The van der Waals surface area contributed by atoms with Crippen molar-refractivity contribution in [3.8, 4) is 0 Å². The van der Waals surface area contributed by atoms with Gasteiger partial charge in [0.1, 0.15) is 0 Å². The Kier molecular flexibility index (Phi) is 1.72. The van der Waals surface area contributed by atoms with Gasteiger partial charge < -0.3 is 10.3 Å². The van der Waals surface area contributed by atoms with Gasteiger partial charge in [-0.25, -0.2) is 4.98 Å². The summed E-state index contributed by atoms with van der Waals surface area (Å²) in [6.45, 7) is 2.09. The van der Waals surface area contributed by atoms with E-state index in [1.54, 1.807) is 0 Å². The van der Waals surface area contributed by atoms with Crippen molar-refractivity contribution in [2.24, 2.45) is 0 Å². The van der Waals surface area contributed by atoms with Gasteiger partial charge in [-0.1, -0.05) is 6.92 Å². The number of hydrogen-bond donors (Lipinski definition) is 2. The van der Waals surface area contributed by atoms with Gasteiger partial charge in [0.15, 0.2) is 5.95 Å². The molecule has 0 aliphatic carbocycles. The third-order valence-corrected chi connectivity index (χ3v) is 1.25. The molecule has 0 aliphatic heterocycles. The summed E-state index contributed by atoms with van der Waals surface area (Å²) < 4.78 is 0. The zero-order valence-electron chi connectivity index (χ0n) is 5.73. The zero-order valence-corrected chi connectivity index (χ0v) is 5.73. The molecule has 1 rings (SSSR count). The molecule has 0 aliphatic rings. The van der Waals surface area contributed by atoms with E-state index < -0.39 is 0 Å². The molecule has 0 spiro atoms. The van der Waals surface area contributed by atoms with E-state index in [2.05, 4.69) is 22.2 Å². The second-order valence-corrected chi connectivity index (χ2v) is 1.86. The van der Waals surface area contributed by atoms with Crippen molar-refractivity contribution in [2.45, 2.75) is 13.3 Å². The molecule has 0 saturated carbocycles. The first-order valence-corrected chi connectivity index (χ1v) is 3.08. The largest absolute Gasteiger partial charge is 0.359 e. The molecule has 0 unspecified atom stereocenters. The SMILES string of the molecule is CCc1cnc(NC)[nH]1. The van der Waals surface area contributed by atoms with Gasteiger partial charge >= 0.3 is 0 Å². The van der Waals surface area contributed by atoms with Crippen molar-refractivity contribution in [1.29, 1.82) is 0 Å². The Hall–Kier alpha value is -0.990. The molecule has 0 atom stereocenters. The van der Waals surface area contributed by atoms with Crippen LogP contribution in [0, 0.1) is 0 Å². The van der Waals surface area contributed by atoms with Crippen molar-refractivity contribution < 1.29 is 0 Å². The highest BCUT2D eigenvalue weighted by atomic mass is 15.1. The van der Waals surface area contributed by atoms with Crippen LogP contribution in [-0.4, -0.2) is 17.0 Å². The highest BCUT2D eigenvalue weighted by Crippen LogP contribution is 2.00. The molecule has 2 N–H and O–H groups in total. The summed E-state index contributed by atoms with van der Waals surface area (Å²) in [7, 11) is 1.85. The third-order valence-electron chi connectivity index (χ3n) is 1.25. The van der Waals surface area contributed by atoms with E-state index in [0.717, 1.165) is 12.4 Å². The Morgan fingerprint density at radius 3 is 2.89 bits per heavy atom. The van der Waals surface area contributed by atoms with Crippen molar-refractivity contribution in [3.63, 3.8) is 0 Å². The standard InChI is InChI=1S/C6H11N3/c1-3-5-4-8-6(7-2)9-5/h4H,3H2,1-2H3,(H2,7,8,9). The predicted octanol–water partition coefficient (Wildman–Crippen LogP) is 1.01. The maximum Gasteiger partial charge on any atom is 0.200 e. The fraction of sp³-hybridized carbons (Fsp3) is 0.500. The Balaban J connectivity index is 2.74. The minimum absolute atomic E-state index is 0.840. The number of imidazole rings is 1. The lowest BCUT2D eigenvalue weighted by Gasteiger charge is -1.89. The monoisotopic (exact) mass is 125 g/mol. The number of H-pyrrole nitrogens is 1. The van der Waals surface area contributed by atoms with Gasteiger partial charge in [-0.2, -0.15) is 0 Å². The van der Waals surface area contributed by atoms with E-state index in [0.29, 0.717) is 0 Å². The molecule has 0 amide bonds. The molecule has 0 bridgehead atoms. The number of anilines is 1. The van der Waals surface area contributed by atoms with Gasteiger partial charge in [-0.05, 0) is 6.42 Å². The second-order valence-electron chi connectivity index (χ2n) is 1.86. The van der Waals surface area contributed by atoms with Crippen LogP contribution in [0.5, 0.6) is 0 Å². The Bertz CT molecular complexity index is 162. The number of aromatic nitrogens is 2. The molecule has 0 fully saturated rings. The van der Waals surface area contributed by atoms with Gasteiger partial charge in [0.2, 0.25) is 0 Å². The summed E-state index contributed by atoms with van der Waals surface area (Å²) in [5, 5.41) is 2.92. The minimum atomic E-state index is 0.840. The van der Waals surface area contributed by atoms with E-state index in [1.165, 1.54) is 5.69 Å². The molecule has 0 aromatic carbocycles. The number of aryl methyl sites for hydroxylation is 1. The van der Waals surface area contributed by atoms with Gasteiger partial charge in [0.25, 0.3) is 0 Å². The molecule has 1 heterocycles. The smallest absolute Gasteiger partial charge is 0.200 e. The average molecular weight is 125 g/mol. The van der Waals surface area contributed by atoms with Gasteiger partial charge in [-0.3, -0.25) is 0 Å². The number of rotatable bonds is 2. The summed E-state index contributed by atoms with van der Waals surface area (Å²) in [6.07, 6.45) is 2.85. The lowest BCUT2D eigenvalue weighted by Crippen LogP contribution is -1.89. The molecular formula is C6H11N3. The molecule has 0 radical (unpaired) electrons.